The monoisotopic (exact) mass is 696 g/mol. The minimum absolute atomic E-state index is 0.0391. The zero-order valence-corrected chi connectivity index (χ0v) is 24.9. The van der Waals surface area contributed by atoms with E-state index < -0.39 is 115 Å². The van der Waals surface area contributed by atoms with Crippen molar-refractivity contribution in [3.63, 3.8) is 0 Å². The summed E-state index contributed by atoms with van der Waals surface area (Å²) in [6.45, 7) is -0.187. The second-order valence-electron chi connectivity index (χ2n) is 9.89. The first-order chi connectivity index (χ1) is 23.6. The van der Waals surface area contributed by atoms with Gasteiger partial charge in [-0.25, -0.2) is 14.4 Å². The average Bonchev–Trinajstić information content (AvgIpc) is 3.07. The molecule has 0 bridgehead atoms. The Morgan fingerprint density at radius 3 is 1.18 bits per heavy atom. The normalized spacial score (nSPS) is 10.5. The number of amides is 2. The lowest BCUT2D eigenvalue weighted by molar-refractivity contribution is -0.109. The van der Waals surface area contributed by atoms with E-state index in [0.29, 0.717) is 42.8 Å². The number of phenols is 9. The molecule has 4 aromatic carbocycles. The first kappa shape index (κ1) is 35.3. The van der Waals surface area contributed by atoms with Crippen molar-refractivity contribution in [3.8, 4) is 69.0 Å². The molecule has 4 aromatic rings. The second-order valence-corrected chi connectivity index (χ2v) is 9.89. The molecule has 0 unspecified atom stereocenters. The summed E-state index contributed by atoms with van der Waals surface area (Å²) in [5, 5.41) is 92.9. The number of aromatic hydroxyl groups is 9. The Morgan fingerprint density at radius 1 is 0.500 bits per heavy atom. The van der Waals surface area contributed by atoms with Crippen LogP contribution in [0, 0.1) is 0 Å². The van der Waals surface area contributed by atoms with E-state index in [9.17, 15) is 69.9 Å². The van der Waals surface area contributed by atoms with Crippen LogP contribution in [0.3, 0.4) is 0 Å². The van der Waals surface area contributed by atoms with Crippen molar-refractivity contribution >= 4 is 30.2 Å². The predicted octanol–water partition coefficient (Wildman–Crippen LogP) is 1.17. The van der Waals surface area contributed by atoms with E-state index in [2.05, 4.69) is 10.6 Å². The molecule has 0 aromatic heterocycles. The van der Waals surface area contributed by atoms with Crippen LogP contribution in [-0.2, 0) is 4.79 Å². The van der Waals surface area contributed by atoms with Gasteiger partial charge in [-0.1, -0.05) is 0 Å². The van der Waals surface area contributed by atoms with Gasteiger partial charge in [-0.2, -0.15) is 0 Å². The second kappa shape index (κ2) is 14.5. The van der Waals surface area contributed by atoms with E-state index in [1.165, 1.54) is 0 Å². The van der Waals surface area contributed by atoms with Gasteiger partial charge in [0.25, 0.3) is 5.91 Å². The molecule has 0 aliphatic heterocycles. The van der Waals surface area contributed by atoms with Crippen molar-refractivity contribution in [1.29, 1.82) is 0 Å². The molecule has 2 amide bonds. The van der Waals surface area contributed by atoms with Crippen LogP contribution in [0.1, 0.15) is 41.4 Å². The minimum Gasteiger partial charge on any atom is -0.504 e. The summed E-state index contributed by atoms with van der Waals surface area (Å²) in [6.07, 6.45) is 0.357. The van der Waals surface area contributed by atoms with E-state index in [4.69, 9.17) is 14.2 Å². The number of esters is 3. The third kappa shape index (κ3) is 7.69. The smallest absolute Gasteiger partial charge is 0.344 e. The quantitative estimate of drug-likeness (QED) is 0.0344. The molecule has 50 heavy (non-hydrogen) atoms. The molecule has 0 spiro atoms. The molecular formula is C31H24N2O17. The standard InChI is InChI=1S/C31H24N2O17/c34-11-32-1-2-33-28(44)12-9-22(48-29(45)13-3-16(35)24(41)17(36)4-13)27(50-31(47)15-7-20(39)26(43)21(40)8-15)23(10-12)49-30(46)14-5-18(37)25(42)19(38)6-14/h3-11,35-43H,1-2H2,(H,32,34)(H,33,44). The van der Waals surface area contributed by atoms with Gasteiger partial charge in [-0.3, -0.25) is 9.59 Å². The van der Waals surface area contributed by atoms with E-state index in [1.807, 2.05) is 0 Å². The molecule has 0 saturated heterocycles. The van der Waals surface area contributed by atoms with Gasteiger partial charge in [0.05, 0.1) is 16.7 Å². The summed E-state index contributed by atoms with van der Waals surface area (Å²) in [7, 11) is 0. The highest BCUT2D eigenvalue weighted by Gasteiger charge is 2.28. The molecule has 0 heterocycles. The minimum atomic E-state index is -1.46. The first-order valence-corrected chi connectivity index (χ1v) is 13.7. The Kier molecular flexibility index (Phi) is 10.2. The molecule has 260 valence electrons. The topological polar surface area (TPSA) is 319 Å². The number of nitrogens with one attached hydrogen (secondary N) is 2. The molecule has 11 N–H and O–H groups in total. The molecule has 0 saturated carbocycles. The van der Waals surface area contributed by atoms with E-state index >= 15 is 0 Å². The van der Waals surface area contributed by atoms with Crippen molar-refractivity contribution < 1.29 is 84.1 Å². The van der Waals surface area contributed by atoms with Crippen LogP contribution in [0.4, 0.5) is 0 Å². The van der Waals surface area contributed by atoms with E-state index in [-0.39, 0.29) is 13.1 Å². The van der Waals surface area contributed by atoms with Crippen LogP contribution in [0.5, 0.6) is 69.0 Å². The number of hydrogen-bond acceptors (Lipinski definition) is 17. The highest BCUT2D eigenvalue weighted by Crippen LogP contribution is 2.43. The summed E-state index contributed by atoms with van der Waals surface area (Å²) in [5.41, 5.74) is -2.29. The SMILES string of the molecule is O=CNCCNC(=O)c1cc(OC(=O)c2cc(O)c(O)c(O)c2)c(OC(=O)c2cc(O)c(O)c(O)c2)c(OC(=O)c2cc(O)c(O)c(O)c2)c1. The van der Waals surface area contributed by atoms with Crippen molar-refractivity contribution in [2.75, 3.05) is 13.1 Å². The lowest BCUT2D eigenvalue weighted by Gasteiger charge is -2.17. The van der Waals surface area contributed by atoms with Gasteiger partial charge in [-0.15, -0.1) is 0 Å². The third-order valence-corrected chi connectivity index (χ3v) is 6.44. The number of carbonyl (C=O) groups is 5. The Labute approximate surface area is 278 Å². The van der Waals surface area contributed by atoms with Crippen LogP contribution >= 0.6 is 0 Å². The fourth-order valence-corrected chi connectivity index (χ4v) is 4.00. The maximum absolute atomic E-state index is 13.2. The van der Waals surface area contributed by atoms with E-state index in [0.717, 1.165) is 12.1 Å². The van der Waals surface area contributed by atoms with Crippen LogP contribution in [0.2, 0.25) is 0 Å². The van der Waals surface area contributed by atoms with Gasteiger partial charge in [0, 0.05) is 18.7 Å². The van der Waals surface area contributed by atoms with Crippen molar-refractivity contribution in [3.05, 3.63) is 70.8 Å². The molecule has 19 heteroatoms. The molecule has 0 aliphatic carbocycles. The summed E-state index contributed by atoms with van der Waals surface area (Å²) >= 11 is 0. The van der Waals surface area contributed by atoms with Gasteiger partial charge in [-0.05, 0) is 48.5 Å². The van der Waals surface area contributed by atoms with Gasteiger partial charge in [0.1, 0.15) is 0 Å². The third-order valence-electron chi connectivity index (χ3n) is 6.44. The zero-order valence-electron chi connectivity index (χ0n) is 24.9. The van der Waals surface area contributed by atoms with Crippen molar-refractivity contribution in [1.82, 2.24) is 10.6 Å². The predicted molar refractivity (Wildman–Crippen MR) is 162 cm³/mol. The number of hydrogen-bond donors (Lipinski definition) is 11. The average molecular weight is 697 g/mol. The summed E-state index contributed by atoms with van der Waals surface area (Å²) in [4.78, 5) is 63.2. The molecule has 0 aliphatic rings. The number of rotatable bonds is 11. The van der Waals surface area contributed by atoms with Gasteiger partial charge < -0.3 is 70.8 Å². The van der Waals surface area contributed by atoms with Gasteiger partial charge in [0.15, 0.2) is 63.2 Å². The van der Waals surface area contributed by atoms with Crippen LogP contribution in [-0.4, -0.2) is 89.3 Å². The Morgan fingerprint density at radius 2 is 0.840 bits per heavy atom. The van der Waals surface area contributed by atoms with E-state index in [1.54, 1.807) is 0 Å². The fraction of sp³-hybridized carbons (Fsp3) is 0.0645. The van der Waals surface area contributed by atoms with Crippen LogP contribution < -0.4 is 24.8 Å². The Bertz CT molecular complexity index is 1880. The van der Waals surface area contributed by atoms with Crippen LogP contribution in [0.25, 0.3) is 0 Å². The number of benzene rings is 4. The lowest BCUT2D eigenvalue weighted by Crippen LogP contribution is -2.31. The van der Waals surface area contributed by atoms with Crippen molar-refractivity contribution in [2.24, 2.45) is 0 Å². The summed E-state index contributed by atoms with van der Waals surface area (Å²) < 4.78 is 15.9. The van der Waals surface area contributed by atoms with Gasteiger partial charge in [0.2, 0.25) is 12.2 Å². The maximum atomic E-state index is 13.2. The number of ether oxygens (including phenoxy) is 3. The van der Waals surface area contributed by atoms with Crippen molar-refractivity contribution in [2.45, 2.75) is 0 Å². The van der Waals surface area contributed by atoms with Crippen LogP contribution in [0.15, 0.2) is 48.5 Å². The lowest BCUT2D eigenvalue weighted by atomic mass is 10.1. The molecule has 4 rings (SSSR count). The number of carbonyl (C=O) groups excluding carboxylic acids is 5. The Balaban J connectivity index is 1.88. The largest absolute Gasteiger partial charge is 0.504 e. The highest BCUT2D eigenvalue weighted by molar-refractivity contribution is 6.00. The summed E-state index contributed by atoms with van der Waals surface area (Å²) in [5.74, 6) is -16.6. The molecule has 0 atom stereocenters. The summed E-state index contributed by atoms with van der Waals surface area (Å²) in [6, 6.07) is 5.63. The van der Waals surface area contributed by atoms with Gasteiger partial charge >= 0.3 is 17.9 Å². The Hall–Kier alpha value is -7.57. The maximum Gasteiger partial charge on any atom is 0.344 e. The highest BCUT2D eigenvalue weighted by atomic mass is 16.6. The molecule has 19 nitrogen and oxygen atoms in total. The molecular weight excluding hydrogens is 672 g/mol. The molecule has 0 fully saturated rings. The molecule has 0 radical (unpaired) electrons. The zero-order chi connectivity index (χ0) is 36.9. The first-order valence-electron chi connectivity index (χ1n) is 13.7. The fourth-order valence-electron chi connectivity index (χ4n) is 4.00. The number of phenolic OH excluding ortho intramolecular Hbond substituents is 9.